The summed E-state index contributed by atoms with van der Waals surface area (Å²) in [5.74, 6) is 0.709. The van der Waals surface area contributed by atoms with Gasteiger partial charge in [-0.25, -0.2) is 0 Å². The van der Waals surface area contributed by atoms with Crippen molar-refractivity contribution in [2.45, 2.75) is 26.2 Å². The average Bonchev–Trinajstić information content (AvgIpc) is 2.05. The monoisotopic (exact) mass is 170 g/mol. The molecule has 11 heavy (non-hydrogen) atoms. The maximum Gasteiger partial charge on any atom is -0.0193 e. The van der Waals surface area contributed by atoms with Gasteiger partial charge in [0.15, 0.2) is 0 Å². The zero-order valence-corrected chi connectivity index (χ0v) is 7.90. The van der Waals surface area contributed by atoms with Crippen LogP contribution in [0.15, 0.2) is 30.3 Å². The van der Waals surface area contributed by atoms with Crippen LogP contribution in [0.1, 0.15) is 31.7 Å². The Hall–Kier alpha value is -0.490. The Morgan fingerprint density at radius 1 is 1.18 bits per heavy atom. The molecule has 1 aromatic carbocycles. The zero-order valence-electron chi connectivity index (χ0n) is 7.08. The fraction of sp³-hybridized carbons (Fsp3) is 0.400. The first-order valence-electron chi connectivity index (χ1n) is 3.89. The highest BCUT2D eigenvalue weighted by molar-refractivity contribution is 5.85. The summed E-state index contributed by atoms with van der Waals surface area (Å²) < 4.78 is 0. The van der Waals surface area contributed by atoms with E-state index in [2.05, 4.69) is 44.2 Å². The van der Waals surface area contributed by atoms with Gasteiger partial charge in [-0.05, 0) is 17.9 Å². The Morgan fingerprint density at radius 3 is 2.18 bits per heavy atom. The first kappa shape index (κ1) is 10.5. The fourth-order valence-electron chi connectivity index (χ4n) is 1.02. The second kappa shape index (κ2) is 5.20. The molecule has 1 heteroatoms. The Labute approximate surface area is 75.0 Å². The van der Waals surface area contributed by atoms with Crippen molar-refractivity contribution in [2.75, 3.05) is 0 Å². The van der Waals surface area contributed by atoms with Gasteiger partial charge < -0.3 is 0 Å². The van der Waals surface area contributed by atoms with Crippen LogP contribution in [0.3, 0.4) is 0 Å². The lowest BCUT2D eigenvalue weighted by molar-refractivity contribution is 0.733. The van der Waals surface area contributed by atoms with Gasteiger partial charge in [-0.1, -0.05) is 44.2 Å². The summed E-state index contributed by atoms with van der Waals surface area (Å²) in [5.41, 5.74) is 1.45. The molecule has 0 radical (unpaired) electrons. The molecule has 1 rings (SSSR count). The van der Waals surface area contributed by atoms with E-state index in [4.69, 9.17) is 0 Å². The van der Waals surface area contributed by atoms with E-state index >= 15 is 0 Å². The van der Waals surface area contributed by atoms with E-state index in [1.54, 1.807) is 0 Å². The van der Waals surface area contributed by atoms with E-state index in [0.29, 0.717) is 5.92 Å². The van der Waals surface area contributed by atoms with Gasteiger partial charge in [0, 0.05) is 0 Å². The van der Waals surface area contributed by atoms with Crippen molar-refractivity contribution in [1.82, 2.24) is 0 Å². The minimum absolute atomic E-state index is 0. The van der Waals surface area contributed by atoms with Crippen LogP contribution >= 0.6 is 12.4 Å². The van der Waals surface area contributed by atoms with Gasteiger partial charge in [-0.3, -0.25) is 0 Å². The Kier molecular flexibility index (Phi) is 4.97. The molecule has 1 atom stereocenters. The van der Waals surface area contributed by atoms with Crippen LogP contribution in [0.5, 0.6) is 0 Å². The average molecular weight is 171 g/mol. The molecule has 0 aliphatic rings. The molecule has 0 bridgehead atoms. The lowest BCUT2D eigenvalue weighted by Crippen LogP contribution is -1.88. The molecule has 1 aromatic rings. The lowest BCUT2D eigenvalue weighted by Gasteiger charge is -2.06. The van der Waals surface area contributed by atoms with Crippen molar-refractivity contribution >= 4 is 12.4 Å². The van der Waals surface area contributed by atoms with Gasteiger partial charge in [0.1, 0.15) is 0 Å². The van der Waals surface area contributed by atoms with Crippen molar-refractivity contribution in [3.63, 3.8) is 0 Å². The molecule has 0 aliphatic carbocycles. The summed E-state index contributed by atoms with van der Waals surface area (Å²) in [4.78, 5) is 0. The third kappa shape index (κ3) is 2.94. The lowest BCUT2D eigenvalue weighted by atomic mass is 9.99. The van der Waals surface area contributed by atoms with Crippen molar-refractivity contribution in [3.8, 4) is 0 Å². The maximum absolute atomic E-state index is 2.26. The first-order valence-corrected chi connectivity index (χ1v) is 3.89. The van der Waals surface area contributed by atoms with Gasteiger partial charge in [0.25, 0.3) is 0 Å². The standard InChI is InChI=1S/C10H14.ClH/c1-3-9(2)10-7-5-4-6-8-10;/h4-9H,3H2,1-2H3;1H. The van der Waals surface area contributed by atoms with Gasteiger partial charge in [0.05, 0.1) is 0 Å². The molecule has 0 N–H and O–H groups in total. The van der Waals surface area contributed by atoms with Crippen LogP contribution in [-0.4, -0.2) is 0 Å². The third-order valence-electron chi connectivity index (χ3n) is 1.98. The minimum atomic E-state index is 0. The van der Waals surface area contributed by atoms with Crippen molar-refractivity contribution in [1.29, 1.82) is 0 Å². The molecule has 0 saturated carbocycles. The van der Waals surface area contributed by atoms with Crippen LogP contribution < -0.4 is 0 Å². The van der Waals surface area contributed by atoms with Crippen molar-refractivity contribution in [2.24, 2.45) is 0 Å². The second-order valence-corrected chi connectivity index (χ2v) is 2.72. The Morgan fingerprint density at radius 2 is 1.73 bits per heavy atom. The highest BCUT2D eigenvalue weighted by Gasteiger charge is 1.98. The van der Waals surface area contributed by atoms with E-state index in [1.165, 1.54) is 12.0 Å². The molecule has 0 fully saturated rings. The molecule has 0 heterocycles. The van der Waals surface area contributed by atoms with E-state index in [-0.39, 0.29) is 12.4 Å². The molecule has 0 aromatic heterocycles. The van der Waals surface area contributed by atoms with Gasteiger partial charge in [-0.2, -0.15) is 0 Å². The predicted octanol–water partition coefficient (Wildman–Crippen LogP) is 3.62. The van der Waals surface area contributed by atoms with E-state index in [1.807, 2.05) is 0 Å². The van der Waals surface area contributed by atoms with Crippen LogP contribution in [0.2, 0.25) is 0 Å². The van der Waals surface area contributed by atoms with Crippen LogP contribution in [0.25, 0.3) is 0 Å². The fourth-order valence-corrected chi connectivity index (χ4v) is 1.02. The number of halogens is 1. The highest BCUT2D eigenvalue weighted by atomic mass is 35.5. The van der Waals surface area contributed by atoms with E-state index in [9.17, 15) is 0 Å². The molecule has 0 aliphatic heterocycles. The molecule has 62 valence electrons. The molecular weight excluding hydrogens is 156 g/mol. The van der Waals surface area contributed by atoms with Crippen LogP contribution in [0.4, 0.5) is 0 Å². The zero-order chi connectivity index (χ0) is 7.40. The predicted molar refractivity (Wildman–Crippen MR) is 52.4 cm³/mol. The SMILES string of the molecule is CCC(C)c1ccccc1.Cl. The van der Waals surface area contributed by atoms with Gasteiger partial charge in [0.2, 0.25) is 0 Å². The molecule has 1 unspecified atom stereocenters. The molecular formula is C10H15Cl. The number of hydrogen-bond donors (Lipinski definition) is 0. The van der Waals surface area contributed by atoms with Crippen LogP contribution in [-0.2, 0) is 0 Å². The molecule has 0 saturated heterocycles. The topological polar surface area (TPSA) is 0 Å². The van der Waals surface area contributed by atoms with Crippen molar-refractivity contribution < 1.29 is 0 Å². The first-order chi connectivity index (χ1) is 4.84. The summed E-state index contributed by atoms with van der Waals surface area (Å²) in [7, 11) is 0. The van der Waals surface area contributed by atoms with Gasteiger partial charge in [-0.15, -0.1) is 12.4 Å². The second-order valence-electron chi connectivity index (χ2n) is 2.72. The molecule has 0 nitrogen and oxygen atoms in total. The van der Waals surface area contributed by atoms with Crippen LogP contribution in [0, 0.1) is 0 Å². The largest absolute Gasteiger partial charge is 0.147 e. The third-order valence-corrected chi connectivity index (χ3v) is 1.98. The molecule has 0 spiro atoms. The maximum atomic E-state index is 2.26. The van der Waals surface area contributed by atoms with E-state index < -0.39 is 0 Å². The van der Waals surface area contributed by atoms with E-state index in [0.717, 1.165) is 0 Å². The highest BCUT2D eigenvalue weighted by Crippen LogP contribution is 2.16. The normalized spacial score (nSPS) is 11.8. The summed E-state index contributed by atoms with van der Waals surface area (Å²) in [6, 6.07) is 10.6. The number of hydrogen-bond acceptors (Lipinski definition) is 0. The number of benzene rings is 1. The smallest absolute Gasteiger partial charge is 0.0193 e. The molecule has 0 amide bonds. The summed E-state index contributed by atoms with van der Waals surface area (Å²) in [6.45, 7) is 4.48. The minimum Gasteiger partial charge on any atom is -0.147 e. The Bertz CT molecular complexity index is 181. The Balaban J connectivity index is 0.000001000. The quantitative estimate of drug-likeness (QED) is 0.636. The summed E-state index contributed by atoms with van der Waals surface area (Å²) >= 11 is 0. The summed E-state index contributed by atoms with van der Waals surface area (Å²) in [6.07, 6.45) is 1.23. The van der Waals surface area contributed by atoms with Gasteiger partial charge >= 0.3 is 0 Å². The van der Waals surface area contributed by atoms with Crippen molar-refractivity contribution in [3.05, 3.63) is 35.9 Å². The summed E-state index contributed by atoms with van der Waals surface area (Å²) in [5, 5.41) is 0. The number of rotatable bonds is 2.